The van der Waals surface area contributed by atoms with E-state index < -0.39 is 28.7 Å². The molecule has 18 heavy (non-hydrogen) atoms. The Morgan fingerprint density at radius 3 is 2.06 bits per heavy atom. The van der Waals surface area contributed by atoms with E-state index in [-0.39, 0.29) is 5.56 Å². The zero-order chi connectivity index (χ0) is 13.9. The molecule has 0 heterocycles. The van der Waals surface area contributed by atoms with Gasteiger partial charge in [-0.15, -0.1) is 11.6 Å². The van der Waals surface area contributed by atoms with Crippen molar-refractivity contribution < 1.29 is 18.0 Å². The number of alkyl halides is 1. The first-order valence-corrected chi connectivity index (χ1v) is 5.93. The Kier molecular flexibility index (Phi) is 5.02. The molecule has 100 valence electrons. The molecule has 0 radical (unpaired) electrons. The Balaban J connectivity index is 3.04. The number of nitrogens with zero attached hydrogens (tertiary/aromatic N) is 1. The molecule has 0 aliphatic heterocycles. The third-order valence-corrected chi connectivity index (χ3v) is 3.03. The summed E-state index contributed by atoms with van der Waals surface area (Å²) in [5, 5.41) is -1.23. The highest BCUT2D eigenvalue weighted by Gasteiger charge is 2.24. The molecule has 0 fully saturated rings. The molecule has 0 spiro atoms. The smallest absolute Gasteiger partial charge is 0.245 e. The van der Waals surface area contributed by atoms with E-state index in [1.165, 1.54) is 4.90 Å². The van der Waals surface area contributed by atoms with Gasteiger partial charge in [-0.2, -0.15) is 0 Å². The van der Waals surface area contributed by atoms with Gasteiger partial charge in [0.2, 0.25) is 5.91 Å². The van der Waals surface area contributed by atoms with Crippen LogP contribution in [0, 0.1) is 17.5 Å². The lowest BCUT2D eigenvalue weighted by Crippen LogP contribution is -2.33. The number of benzene rings is 1. The minimum Gasteiger partial charge on any atom is -0.342 e. The lowest BCUT2D eigenvalue weighted by molar-refractivity contribution is -0.130. The van der Waals surface area contributed by atoms with E-state index in [0.717, 1.165) is 12.1 Å². The van der Waals surface area contributed by atoms with Gasteiger partial charge in [0.1, 0.15) is 5.38 Å². The summed E-state index contributed by atoms with van der Waals surface area (Å²) >= 11 is 5.86. The van der Waals surface area contributed by atoms with Crippen molar-refractivity contribution in [2.24, 2.45) is 0 Å². The van der Waals surface area contributed by atoms with E-state index in [0.29, 0.717) is 13.1 Å². The van der Waals surface area contributed by atoms with Crippen molar-refractivity contribution in [3.8, 4) is 0 Å². The van der Waals surface area contributed by atoms with Crippen molar-refractivity contribution in [2.75, 3.05) is 13.1 Å². The number of hydrogen-bond donors (Lipinski definition) is 0. The van der Waals surface area contributed by atoms with Crippen molar-refractivity contribution in [3.63, 3.8) is 0 Å². The molecule has 1 aromatic carbocycles. The number of amides is 1. The van der Waals surface area contributed by atoms with Crippen molar-refractivity contribution in [3.05, 3.63) is 35.1 Å². The average Bonchev–Trinajstić information content (AvgIpc) is 2.35. The fourth-order valence-corrected chi connectivity index (χ4v) is 1.82. The van der Waals surface area contributed by atoms with Crippen molar-refractivity contribution in [1.29, 1.82) is 0 Å². The molecule has 0 bridgehead atoms. The maximum Gasteiger partial charge on any atom is 0.245 e. The second kappa shape index (κ2) is 6.09. The minimum atomic E-state index is -1.57. The van der Waals surface area contributed by atoms with E-state index in [9.17, 15) is 18.0 Å². The van der Waals surface area contributed by atoms with Gasteiger partial charge in [0.15, 0.2) is 17.5 Å². The zero-order valence-electron chi connectivity index (χ0n) is 10.0. The van der Waals surface area contributed by atoms with Crippen LogP contribution in [0.5, 0.6) is 0 Å². The highest BCUT2D eigenvalue weighted by atomic mass is 35.5. The second-order valence-corrected chi connectivity index (χ2v) is 4.11. The number of hydrogen-bond acceptors (Lipinski definition) is 1. The Hall–Kier alpha value is -1.23. The van der Waals surface area contributed by atoms with Gasteiger partial charge in [0.05, 0.1) is 0 Å². The normalized spacial score (nSPS) is 12.3. The first-order valence-electron chi connectivity index (χ1n) is 5.49. The Morgan fingerprint density at radius 2 is 1.67 bits per heavy atom. The van der Waals surface area contributed by atoms with Crippen molar-refractivity contribution in [1.82, 2.24) is 4.90 Å². The summed E-state index contributed by atoms with van der Waals surface area (Å²) in [6.45, 7) is 4.39. The minimum absolute atomic E-state index is 0.0926. The van der Waals surface area contributed by atoms with Crippen molar-refractivity contribution >= 4 is 17.5 Å². The van der Waals surface area contributed by atoms with E-state index >= 15 is 0 Å². The maximum atomic E-state index is 13.0. The third kappa shape index (κ3) is 2.96. The van der Waals surface area contributed by atoms with Gasteiger partial charge in [0.25, 0.3) is 0 Å². The van der Waals surface area contributed by atoms with Crippen LogP contribution in [0.3, 0.4) is 0 Å². The fraction of sp³-hybridized carbons (Fsp3) is 0.417. The lowest BCUT2D eigenvalue weighted by Gasteiger charge is -2.21. The molecule has 0 saturated carbocycles. The zero-order valence-corrected chi connectivity index (χ0v) is 10.8. The molecule has 0 aliphatic carbocycles. The fourth-order valence-electron chi connectivity index (χ4n) is 1.56. The van der Waals surface area contributed by atoms with Gasteiger partial charge in [0, 0.05) is 13.1 Å². The van der Waals surface area contributed by atoms with Crippen molar-refractivity contribution in [2.45, 2.75) is 19.2 Å². The highest BCUT2D eigenvalue weighted by molar-refractivity contribution is 6.30. The highest BCUT2D eigenvalue weighted by Crippen LogP contribution is 2.26. The summed E-state index contributed by atoms with van der Waals surface area (Å²) in [5.41, 5.74) is -0.0926. The molecule has 1 amide bonds. The van der Waals surface area contributed by atoms with Crippen LogP contribution < -0.4 is 0 Å². The number of halogens is 4. The Morgan fingerprint density at radius 1 is 1.22 bits per heavy atom. The summed E-state index contributed by atoms with van der Waals surface area (Å²) < 4.78 is 38.8. The molecular formula is C12H13ClF3NO. The molecule has 1 atom stereocenters. The van der Waals surface area contributed by atoms with Crippen LogP contribution in [0.15, 0.2) is 12.1 Å². The van der Waals surface area contributed by atoms with Crippen LogP contribution in [0.2, 0.25) is 0 Å². The Labute approximate surface area is 108 Å². The summed E-state index contributed by atoms with van der Waals surface area (Å²) in [6.07, 6.45) is 0. The largest absolute Gasteiger partial charge is 0.342 e. The first-order chi connectivity index (χ1) is 8.42. The van der Waals surface area contributed by atoms with E-state index in [1.54, 1.807) is 13.8 Å². The van der Waals surface area contributed by atoms with Gasteiger partial charge in [-0.05, 0) is 31.5 Å². The lowest BCUT2D eigenvalue weighted by atomic mass is 10.1. The summed E-state index contributed by atoms with van der Waals surface area (Å²) in [6, 6.07) is 1.47. The molecule has 1 rings (SSSR count). The predicted octanol–water partition coefficient (Wildman–Crippen LogP) is 3.25. The van der Waals surface area contributed by atoms with E-state index in [2.05, 4.69) is 0 Å². The second-order valence-electron chi connectivity index (χ2n) is 3.67. The molecule has 0 N–H and O–H groups in total. The number of carbonyl (C=O) groups excluding carboxylic acids is 1. The Bertz CT molecular complexity index is 426. The van der Waals surface area contributed by atoms with Gasteiger partial charge >= 0.3 is 0 Å². The van der Waals surface area contributed by atoms with Crippen LogP contribution in [-0.2, 0) is 4.79 Å². The van der Waals surface area contributed by atoms with Gasteiger partial charge < -0.3 is 4.90 Å². The monoisotopic (exact) mass is 279 g/mol. The van der Waals surface area contributed by atoms with Crippen LogP contribution in [0.25, 0.3) is 0 Å². The van der Waals surface area contributed by atoms with Gasteiger partial charge in [-0.1, -0.05) is 0 Å². The quantitative estimate of drug-likeness (QED) is 0.612. The standard InChI is InChI=1S/C12H13ClF3NO/c1-3-17(4-2)12(18)10(13)7-5-8(14)11(16)9(15)6-7/h5-6,10H,3-4H2,1-2H3. The first kappa shape index (κ1) is 14.8. The molecule has 0 aliphatic rings. The SMILES string of the molecule is CCN(CC)C(=O)C(Cl)c1cc(F)c(F)c(F)c1. The molecule has 6 heteroatoms. The van der Waals surface area contributed by atoms with Gasteiger partial charge in [-0.3, -0.25) is 4.79 Å². The average molecular weight is 280 g/mol. The third-order valence-electron chi connectivity index (χ3n) is 2.59. The van der Waals surface area contributed by atoms with Gasteiger partial charge in [-0.25, -0.2) is 13.2 Å². The van der Waals surface area contributed by atoms with E-state index in [4.69, 9.17) is 11.6 Å². The number of likely N-dealkylation sites (N-methyl/N-ethyl adjacent to an activating group) is 1. The number of rotatable bonds is 4. The predicted molar refractivity (Wildman–Crippen MR) is 62.8 cm³/mol. The molecule has 2 nitrogen and oxygen atoms in total. The van der Waals surface area contributed by atoms with Crippen LogP contribution in [0.1, 0.15) is 24.8 Å². The number of carbonyl (C=O) groups is 1. The van der Waals surface area contributed by atoms with E-state index in [1.807, 2.05) is 0 Å². The maximum absolute atomic E-state index is 13.0. The molecular weight excluding hydrogens is 267 g/mol. The molecule has 1 aromatic rings. The molecule has 0 saturated heterocycles. The summed E-state index contributed by atoms with van der Waals surface area (Å²) in [4.78, 5) is 13.3. The molecule has 0 aromatic heterocycles. The molecule has 1 unspecified atom stereocenters. The van der Waals surface area contributed by atoms with Crippen LogP contribution >= 0.6 is 11.6 Å². The summed E-state index contributed by atoms with van der Waals surface area (Å²) in [5.74, 6) is -4.75. The van der Waals surface area contributed by atoms with Crippen LogP contribution in [0.4, 0.5) is 13.2 Å². The van der Waals surface area contributed by atoms with Crippen LogP contribution in [-0.4, -0.2) is 23.9 Å². The topological polar surface area (TPSA) is 20.3 Å². The summed E-state index contributed by atoms with van der Waals surface area (Å²) in [7, 11) is 0.